The summed E-state index contributed by atoms with van der Waals surface area (Å²) in [5, 5.41) is 4.73. The summed E-state index contributed by atoms with van der Waals surface area (Å²) in [5.41, 5.74) is 0.887. The van der Waals surface area contributed by atoms with Crippen molar-refractivity contribution in [3.63, 3.8) is 0 Å². The van der Waals surface area contributed by atoms with Crippen LogP contribution < -0.4 is 159 Å². The molecule has 0 aliphatic carbocycles. The Bertz CT molecular complexity index is 1010. The number of amides is 2. The SMILES string of the molecule is O=C(CCCCCCCCCCC(=O)Nc1ccc(P(=O)([O-])[O-])cc1)Nc1ccc(P(=O)([O-])[O-])cc1.[Na+].[Na+].[Na+].[Na+]. The molecule has 0 aliphatic heterocycles. The molecule has 2 amide bonds. The standard InChI is InChI=1S/C24H34N2O8P2.4Na/c27-23(25-19-11-15-21(16-12-19)35(29,30)31)9-7-5-3-1-2-4-6-8-10-24(28)26-20-13-17-22(18-14-20)36(32,33)34;;;;/h11-18H,1-10H2,(H,25,27)(H,26,28)(H2,29,30,31)(H2,32,33,34);;;;/q;4*+1/p-4. The second-order valence-corrected chi connectivity index (χ2v) is 11.5. The van der Waals surface area contributed by atoms with Crippen LogP contribution in [0.5, 0.6) is 0 Å². The van der Waals surface area contributed by atoms with Crippen molar-refractivity contribution in [2.75, 3.05) is 10.6 Å². The van der Waals surface area contributed by atoms with Crippen molar-refractivity contribution in [1.82, 2.24) is 0 Å². The van der Waals surface area contributed by atoms with Gasteiger partial charge in [0, 0.05) is 24.2 Å². The molecule has 0 bridgehead atoms. The van der Waals surface area contributed by atoms with Crippen molar-refractivity contribution in [2.45, 2.75) is 64.2 Å². The van der Waals surface area contributed by atoms with Gasteiger partial charge in [0.05, 0.1) is 0 Å². The smallest absolute Gasteiger partial charge is 0.807 e. The molecule has 2 rings (SSSR count). The van der Waals surface area contributed by atoms with E-state index < -0.39 is 15.2 Å². The number of carbonyl (C=O) groups excluding carboxylic acids is 2. The Morgan fingerprint density at radius 2 is 0.750 bits per heavy atom. The second-order valence-electron chi connectivity index (χ2n) is 8.51. The molecule has 0 aromatic heterocycles. The molecule has 40 heavy (non-hydrogen) atoms. The van der Waals surface area contributed by atoms with E-state index in [4.69, 9.17) is 0 Å². The molecule has 2 aromatic carbocycles. The van der Waals surface area contributed by atoms with Crippen LogP contribution in [0.3, 0.4) is 0 Å². The molecule has 2 N–H and O–H groups in total. The zero-order valence-corrected chi connectivity index (χ0v) is 33.6. The number of anilines is 2. The van der Waals surface area contributed by atoms with Crippen LogP contribution in [0.2, 0.25) is 0 Å². The van der Waals surface area contributed by atoms with E-state index in [1.54, 1.807) is 0 Å². The predicted molar refractivity (Wildman–Crippen MR) is 131 cm³/mol. The van der Waals surface area contributed by atoms with Gasteiger partial charge in [-0.05, 0) is 62.9 Å². The number of hydrogen-bond acceptors (Lipinski definition) is 8. The second kappa shape index (κ2) is 24.0. The van der Waals surface area contributed by atoms with E-state index >= 15 is 0 Å². The van der Waals surface area contributed by atoms with E-state index in [9.17, 15) is 38.3 Å². The molecule has 0 spiro atoms. The summed E-state index contributed by atoms with van der Waals surface area (Å²) in [6, 6.07) is 10.3. The number of hydrogen-bond donors (Lipinski definition) is 2. The van der Waals surface area contributed by atoms with Gasteiger partial charge < -0.3 is 39.3 Å². The topological polar surface area (TPSA) is 185 Å². The molecule has 0 aliphatic rings. The summed E-state index contributed by atoms with van der Waals surface area (Å²) in [4.78, 5) is 67.7. The van der Waals surface area contributed by atoms with Gasteiger partial charge in [0.15, 0.2) is 0 Å². The molecule has 2 aromatic rings. The predicted octanol–water partition coefficient (Wildman–Crippen LogP) is -10.7. The van der Waals surface area contributed by atoms with E-state index in [2.05, 4.69) is 10.6 Å². The monoisotopic (exact) mass is 628 g/mol. The summed E-state index contributed by atoms with van der Waals surface area (Å²) in [6.45, 7) is 0. The van der Waals surface area contributed by atoms with Crippen molar-refractivity contribution in [3.05, 3.63) is 48.5 Å². The number of benzene rings is 2. The number of nitrogens with one attached hydrogen (secondary N) is 2. The molecular weight excluding hydrogens is 598 g/mol. The first-order chi connectivity index (χ1) is 16.9. The summed E-state index contributed by atoms with van der Waals surface area (Å²) in [6.07, 6.45) is 8.09. The van der Waals surface area contributed by atoms with Gasteiger partial charge >= 0.3 is 118 Å². The van der Waals surface area contributed by atoms with E-state index in [1.165, 1.54) is 48.5 Å². The molecule has 0 unspecified atom stereocenters. The quantitative estimate of drug-likeness (QED) is 0.111. The Kier molecular flexibility index (Phi) is 27.6. The minimum atomic E-state index is -4.79. The van der Waals surface area contributed by atoms with Gasteiger partial charge in [0.2, 0.25) is 11.8 Å². The van der Waals surface area contributed by atoms with Gasteiger partial charge in [-0.2, -0.15) is 0 Å². The van der Waals surface area contributed by atoms with Gasteiger partial charge in [-0.25, -0.2) is 0 Å². The van der Waals surface area contributed by atoms with Crippen LogP contribution in [0.1, 0.15) is 64.2 Å². The van der Waals surface area contributed by atoms with E-state index in [1.807, 2.05) is 0 Å². The zero-order valence-electron chi connectivity index (χ0n) is 23.9. The van der Waals surface area contributed by atoms with E-state index in [0.29, 0.717) is 24.2 Å². The Labute approximate surface area is 324 Å². The molecule has 0 radical (unpaired) electrons. The average Bonchev–Trinajstić information content (AvgIpc) is 2.80. The van der Waals surface area contributed by atoms with Gasteiger partial charge in [0.25, 0.3) is 0 Å². The molecule has 0 heterocycles. The minimum absolute atomic E-state index is 0. The maximum absolute atomic E-state index is 12.0. The van der Waals surface area contributed by atoms with Crippen molar-refractivity contribution in [1.29, 1.82) is 0 Å². The number of carbonyl (C=O) groups is 2. The first kappa shape index (κ1) is 46.1. The van der Waals surface area contributed by atoms with Crippen molar-refractivity contribution in [3.8, 4) is 0 Å². The third-order valence-corrected chi connectivity index (χ3v) is 7.35. The molecule has 0 atom stereocenters. The summed E-state index contributed by atoms with van der Waals surface area (Å²) >= 11 is 0. The number of rotatable bonds is 15. The Balaban J connectivity index is -0.00000342. The first-order valence-electron chi connectivity index (χ1n) is 11.8. The third kappa shape index (κ3) is 19.9. The molecule has 0 fully saturated rings. The summed E-state index contributed by atoms with van der Waals surface area (Å²) in [5.74, 6) is -0.333. The maximum atomic E-state index is 12.0. The van der Waals surface area contributed by atoms with Crippen molar-refractivity contribution >= 4 is 49.0 Å². The van der Waals surface area contributed by atoms with Gasteiger partial charge in [-0.1, -0.05) is 62.8 Å². The number of unbranched alkanes of at least 4 members (excludes halogenated alkanes) is 7. The van der Waals surface area contributed by atoms with Crippen molar-refractivity contribution < 1.29 is 157 Å². The van der Waals surface area contributed by atoms with Crippen LogP contribution in [-0.4, -0.2) is 11.8 Å². The maximum Gasteiger partial charge on any atom is 1.00 e. The fraction of sp³-hybridized carbons (Fsp3) is 0.417. The third-order valence-electron chi connectivity index (χ3n) is 5.49. The molecule has 0 saturated heterocycles. The minimum Gasteiger partial charge on any atom is -0.807 e. The van der Waals surface area contributed by atoms with E-state index in [0.717, 1.165) is 51.4 Å². The molecule has 0 saturated carbocycles. The van der Waals surface area contributed by atoms with Crippen LogP contribution in [0.25, 0.3) is 0 Å². The van der Waals surface area contributed by atoms with Crippen LogP contribution in [-0.2, 0) is 18.7 Å². The molecular formula is C24H30N2Na4O8P2. The zero-order chi connectivity index (χ0) is 26.6. The van der Waals surface area contributed by atoms with Gasteiger partial charge in [-0.3, -0.25) is 9.59 Å². The van der Waals surface area contributed by atoms with E-state index in [-0.39, 0.29) is 141 Å². The fourth-order valence-corrected chi connectivity index (χ4v) is 4.56. The summed E-state index contributed by atoms with van der Waals surface area (Å²) < 4.78 is 21.9. The Morgan fingerprint density at radius 3 is 1.00 bits per heavy atom. The van der Waals surface area contributed by atoms with Crippen LogP contribution in [0, 0.1) is 0 Å². The fourth-order valence-electron chi connectivity index (χ4n) is 3.53. The Hall–Kier alpha value is 1.68. The van der Waals surface area contributed by atoms with Gasteiger partial charge in [-0.15, -0.1) is 0 Å². The average molecular weight is 628 g/mol. The molecule has 198 valence electrons. The molecule has 10 nitrogen and oxygen atoms in total. The summed E-state index contributed by atoms with van der Waals surface area (Å²) in [7, 11) is -9.57. The largest absolute Gasteiger partial charge is 1.00 e. The normalized spacial score (nSPS) is 10.6. The first-order valence-corrected chi connectivity index (χ1v) is 14.9. The van der Waals surface area contributed by atoms with Gasteiger partial charge in [0.1, 0.15) is 0 Å². The molecule has 16 heteroatoms. The van der Waals surface area contributed by atoms with Crippen LogP contribution >= 0.6 is 15.2 Å². The van der Waals surface area contributed by atoms with Crippen LogP contribution in [0.4, 0.5) is 11.4 Å². The van der Waals surface area contributed by atoms with Crippen LogP contribution in [0.15, 0.2) is 48.5 Å². The van der Waals surface area contributed by atoms with Crippen molar-refractivity contribution in [2.24, 2.45) is 0 Å². The Morgan fingerprint density at radius 1 is 0.500 bits per heavy atom.